The number of hydrogen-bond donors (Lipinski definition) is 2. The van der Waals surface area contributed by atoms with Crippen molar-refractivity contribution in [1.82, 2.24) is 14.9 Å². The highest BCUT2D eigenvalue weighted by Crippen LogP contribution is 2.39. The molecule has 1 aliphatic heterocycles. The van der Waals surface area contributed by atoms with Crippen molar-refractivity contribution in [2.75, 3.05) is 18.1 Å². The van der Waals surface area contributed by atoms with E-state index in [2.05, 4.69) is 10.4 Å². The minimum atomic E-state index is -0.613. The Morgan fingerprint density at radius 3 is 2.68 bits per heavy atom. The smallest absolute Gasteiger partial charge is 0.255 e. The second kappa shape index (κ2) is 9.29. The lowest BCUT2D eigenvalue weighted by molar-refractivity contribution is 0.0915. The number of benzene rings is 1. The van der Waals surface area contributed by atoms with E-state index in [0.29, 0.717) is 19.4 Å². The van der Waals surface area contributed by atoms with Crippen molar-refractivity contribution < 1.29 is 23.1 Å². The fourth-order valence-corrected chi connectivity index (χ4v) is 5.32. The third-order valence-corrected chi connectivity index (χ3v) is 7.17. The van der Waals surface area contributed by atoms with Crippen molar-refractivity contribution >= 4 is 17.1 Å². The Hall–Kier alpha value is -3.07. The van der Waals surface area contributed by atoms with Gasteiger partial charge in [-0.2, -0.15) is 5.10 Å². The summed E-state index contributed by atoms with van der Waals surface area (Å²) >= 11 is 0. The van der Waals surface area contributed by atoms with E-state index >= 15 is 4.39 Å². The Labute approximate surface area is 195 Å². The molecule has 180 valence electrons. The van der Waals surface area contributed by atoms with Crippen LogP contribution in [0.25, 0.3) is 5.52 Å². The molecule has 34 heavy (non-hydrogen) atoms. The van der Waals surface area contributed by atoms with Crippen molar-refractivity contribution in [2.24, 2.45) is 5.92 Å². The number of halogens is 3. The number of carbonyl (C=O) groups is 1. The molecule has 1 aliphatic carbocycles. The summed E-state index contributed by atoms with van der Waals surface area (Å²) < 4.78 is 45.5. The lowest BCUT2D eigenvalue weighted by Gasteiger charge is -2.28. The zero-order valence-electron chi connectivity index (χ0n) is 18.7. The van der Waals surface area contributed by atoms with Gasteiger partial charge in [0.05, 0.1) is 23.5 Å². The SMILES string of the molecule is O=C(NC1CCC(CO)CC1)c1cnn2ccc(N3CCCC3c3cc(F)ccc3F)c(F)c12. The number of carbonyl (C=O) groups excluding carboxylic acids is 1. The highest BCUT2D eigenvalue weighted by molar-refractivity contribution is 6.01. The van der Waals surface area contributed by atoms with Crippen LogP contribution in [0.4, 0.5) is 18.9 Å². The summed E-state index contributed by atoms with van der Waals surface area (Å²) in [5, 5.41) is 16.4. The van der Waals surface area contributed by atoms with Gasteiger partial charge in [-0.15, -0.1) is 0 Å². The van der Waals surface area contributed by atoms with E-state index in [1.54, 1.807) is 17.2 Å². The molecule has 9 heteroatoms. The Morgan fingerprint density at radius 2 is 1.91 bits per heavy atom. The van der Waals surface area contributed by atoms with E-state index in [0.717, 1.165) is 43.9 Å². The maximum atomic E-state index is 15.8. The van der Waals surface area contributed by atoms with Crippen LogP contribution >= 0.6 is 0 Å². The number of hydrogen-bond acceptors (Lipinski definition) is 4. The largest absolute Gasteiger partial charge is 0.396 e. The van der Waals surface area contributed by atoms with Crippen LogP contribution in [0.1, 0.15) is 60.5 Å². The van der Waals surface area contributed by atoms with Gasteiger partial charge in [-0.25, -0.2) is 17.7 Å². The van der Waals surface area contributed by atoms with Crippen LogP contribution in [0.3, 0.4) is 0 Å². The number of anilines is 1. The first-order chi connectivity index (χ1) is 16.5. The van der Waals surface area contributed by atoms with Gasteiger partial charge in [-0.05, 0) is 68.7 Å². The molecule has 2 aromatic heterocycles. The average Bonchev–Trinajstić information content (AvgIpc) is 3.49. The topological polar surface area (TPSA) is 69.9 Å². The molecular formula is C25H27F3N4O2. The van der Waals surface area contributed by atoms with Crippen LogP contribution in [0.5, 0.6) is 0 Å². The van der Waals surface area contributed by atoms with Gasteiger partial charge < -0.3 is 15.3 Å². The molecule has 1 atom stereocenters. The summed E-state index contributed by atoms with van der Waals surface area (Å²) in [5.41, 5.74) is 0.624. The van der Waals surface area contributed by atoms with Gasteiger partial charge >= 0.3 is 0 Å². The zero-order chi connectivity index (χ0) is 23.8. The second-order valence-corrected chi connectivity index (χ2v) is 9.26. The molecule has 1 unspecified atom stereocenters. The van der Waals surface area contributed by atoms with Gasteiger partial charge in [-0.3, -0.25) is 4.79 Å². The first-order valence-corrected chi connectivity index (χ1v) is 11.8. The second-order valence-electron chi connectivity index (χ2n) is 9.26. The van der Waals surface area contributed by atoms with Gasteiger partial charge in [0, 0.05) is 31.0 Å². The number of rotatable bonds is 5. The average molecular weight is 473 g/mol. The van der Waals surface area contributed by atoms with Crippen molar-refractivity contribution in [3.05, 3.63) is 65.2 Å². The summed E-state index contributed by atoms with van der Waals surface area (Å²) in [4.78, 5) is 14.7. The molecular weight excluding hydrogens is 445 g/mol. The number of aliphatic hydroxyl groups excluding tert-OH is 1. The third kappa shape index (κ3) is 4.13. The highest BCUT2D eigenvalue weighted by atomic mass is 19.1. The van der Waals surface area contributed by atoms with Crippen molar-refractivity contribution in [3.63, 3.8) is 0 Å². The predicted octanol–water partition coefficient (Wildman–Crippen LogP) is 4.37. The Balaban J connectivity index is 1.44. The van der Waals surface area contributed by atoms with Crippen LogP contribution in [-0.4, -0.2) is 39.8 Å². The van der Waals surface area contributed by atoms with Gasteiger partial charge in [0.1, 0.15) is 17.2 Å². The molecule has 3 aromatic rings. The number of amides is 1. The Bertz CT molecular complexity index is 1210. The van der Waals surface area contributed by atoms with Crippen LogP contribution in [-0.2, 0) is 0 Å². The molecule has 1 saturated heterocycles. The monoisotopic (exact) mass is 472 g/mol. The predicted molar refractivity (Wildman–Crippen MR) is 121 cm³/mol. The molecule has 6 nitrogen and oxygen atoms in total. The summed E-state index contributed by atoms with van der Waals surface area (Å²) in [6.45, 7) is 0.636. The summed E-state index contributed by atoms with van der Waals surface area (Å²) in [6, 6.07) is 4.34. The number of nitrogens with zero attached hydrogens (tertiary/aromatic N) is 3. The number of pyridine rings is 1. The molecule has 5 rings (SSSR count). The Kier molecular flexibility index (Phi) is 6.20. The summed E-state index contributed by atoms with van der Waals surface area (Å²) in [7, 11) is 0. The first-order valence-electron chi connectivity index (χ1n) is 11.8. The molecule has 2 fully saturated rings. The lowest BCUT2D eigenvalue weighted by atomic mass is 9.86. The molecule has 3 heterocycles. The van der Waals surface area contributed by atoms with Crippen molar-refractivity contribution in [3.8, 4) is 0 Å². The maximum absolute atomic E-state index is 15.8. The molecule has 1 aromatic carbocycles. The van der Waals surface area contributed by atoms with Crippen LogP contribution in [0.2, 0.25) is 0 Å². The fourth-order valence-electron chi connectivity index (χ4n) is 5.32. The van der Waals surface area contributed by atoms with E-state index in [-0.39, 0.29) is 40.9 Å². The fraction of sp³-hybridized carbons (Fsp3) is 0.440. The number of nitrogens with one attached hydrogen (secondary N) is 1. The van der Waals surface area contributed by atoms with E-state index in [9.17, 15) is 18.7 Å². The van der Waals surface area contributed by atoms with E-state index in [4.69, 9.17) is 0 Å². The maximum Gasteiger partial charge on any atom is 0.255 e. The standard InChI is InChI=1S/C25H27F3N4O2/c26-16-5-8-20(27)18(12-16)21-2-1-10-31(21)22-9-11-32-24(23(22)28)19(13-29-32)25(34)30-17-6-3-15(14-33)4-7-17/h5,8-9,11-13,15,17,21,33H,1-4,6-7,10,14H2,(H,30,34). The molecule has 0 spiro atoms. The number of fused-ring (bicyclic) bond motifs is 1. The highest BCUT2D eigenvalue weighted by Gasteiger charge is 2.32. The summed E-state index contributed by atoms with van der Waals surface area (Å²) in [6.07, 6.45) is 7.39. The zero-order valence-corrected chi connectivity index (χ0v) is 18.7. The minimum Gasteiger partial charge on any atom is -0.396 e. The van der Waals surface area contributed by atoms with Gasteiger partial charge in [0.25, 0.3) is 5.91 Å². The van der Waals surface area contributed by atoms with Gasteiger partial charge in [0.2, 0.25) is 0 Å². The quantitative estimate of drug-likeness (QED) is 0.579. The normalized spacial score (nSPS) is 22.9. The van der Waals surface area contributed by atoms with E-state index in [1.165, 1.54) is 10.7 Å². The first kappa shape index (κ1) is 22.7. The molecule has 1 saturated carbocycles. The molecule has 2 aliphatic rings. The minimum absolute atomic E-state index is 0.0320. The van der Waals surface area contributed by atoms with Gasteiger partial charge in [-0.1, -0.05) is 0 Å². The summed E-state index contributed by atoms with van der Waals surface area (Å²) in [5.74, 6) is -1.81. The number of aliphatic hydroxyl groups is 1. The molecule has 1 amide bonds. The van der Waals surface area contributed by atoms with Gasteiger partial charge in [0.15, 0.2) is 5.82 Å². The molecule has 2 N–H and O–H groups in total. The number of aromatic nitrogens is 2. The van der Waals surface area contributed by atoms with E-state index in [1.807, 2.05) is 0 Å². The van der Waals surface area contributed by atoms with Crippen LogP contribution in [0.15, 0.2) is 36.7 Å². The van der Waals surface area contributed by atoms with Crippen molar-refractivity contribution in [2.45, 2.75) is 50.6 Å². The third-order valence-electron chi connectivity index (χ3n) is 7.17. The van der Waals surface area contributed by atoms with E-state index < -0.39 is 29.4 Å². The Morgan fingerprint density at radius 1 is 1.12 bits per heavy atom. The van der Waals surface area contributed by atoms with Crippen LogP contribution < -0.4 is 10.2 Å². The molecule has 0 radical (unpaired) electrons. The van der Waals surface area contributed by atoms with Crippen LogP contribution in [0, 0.1) is 23.4 Å². The van der Waals surface area contributed by atoms with Crippen molar-refractivity contribution in [1.29, 1.82) is 0 Å². The molecule has 0 bridgehead atoms. The lowest BCUT2D eigenvalue weighted by Crippen LogP contribution is -2.38.